The fourth-order valence-corrected chi connectivity index (χ4v) is 4.30. The Morgan fingerprint density at radius 2 is 1.85 bits per heavy atom. The highest BCUT2D eigenvalue weighted by atomic mass is 32.2. The third kappa shape index (κ3) is 3.10. The zero-order chi connectivity index (χ0) is 19.2. The fraction of sp³-hybridized carbons (Fsp3) is 0.118. The highest BCUT2D eigenvalue weighted by Crippen LogP contribution is 2.25. The molecule has 2 N–H and O–H groups in total. The molecular formula is C17H13N3O6S. The van der Waals surface area contributed by atoms with Gasteiger partial charge in [0.25, 0.3) is 5.91 Å². The van der Waals surface area contributed by atoms with E-state index in [9.17, 15) is 22.8 Å². The molecule has 2 aromatic carbocycles. The van der Waals surface area contributed by atoms with Crippen molar-refractivity contribution in [3.63, 3.8) is 0 Å². The van der Waals surface area contributed by atoms with E-state index in [-0.39, 0.29) is 23.4 Å². The van der Waals surface area contributed by atoms with Gasteiger partial charge in [0, 0.05) is 23.7 Å². The summed E-state index contributed by atoms with van der Waals surface area (Å²) < 4.78 is 29.6. The Morgan fingerprint density at radius 3 is 2.52 bits per heavy atom. The number of hydrogen-bond acceptors (Lipinski definition) is 6. The molecule has 10 heteroatoms. The van der Waals surface area contributed by atoms with Gasteiger partial charge in [0.05, 0.1) is 17.0 Å². The Morgan fingerprint density at radius 1 is 1.11 bits per heavy atom. The Bertz CT molecular complexity index is 1220. The van der Waals surface area contributed by atoms with Crippen LogP contribution < -0.4 is 15.4 Å². The number of benzene rings is 2. The summed E-state index contributed by atoms with van der Waals surface area (Å²) in [6.45, 7) is 0. The predicted octanol–water partition coefficient (Wildman–Crippen LogP) is 1.44. The van der Waals surface area contributed by atoms with Crippen LogP contribution in [0, 0.1) is 0 Å². The smallest absolute Gasteiger partial charge is 0.408 e. The van der Waals surface area contributed by atoms with Crippen molar-refractivity contribution in [1.82, 2.24) is 4.98 Å². The van der Waals surface area contributed by atoms with Crippen molar-refractivity contribution in [2.75, 3.05) is 15.4 Å². The topological polar surface area (TPSA) is 130 Å². The normalized spacial score (nSPS) is 16.0. The van der Waals surface area contributed by atoms with E-state index in [1.54, 1.807) is 12.1 Å². The quantitative estimate of drug-likeness (QED) is 0.699. The molecule has 4 rings (SSSR count). The average molecular weight is 387 g/mol. The minimum absolute atomic E-state index is 0.0532. The number of sulfonamides is 1. The third-order valence-electron chi connectivity index (χ3n) is 4.12. The molecule has 0 atom stereocenters. The second-order valence-electron chi connectivity index (χ2n) is 5.95. The number of anilines is 2. The summed E-state index contributed by atoms with van der Waals surface area (Å²) in [5.74, 6) is -1.73. The van der Waals surface area contributed by atoms with E-state index >= 15 is 0 Å². The summed E-state index contributed by atoms with van der Waals surface area (Å²) >= 11 is 0. The minimum atomic E-state index is -3.65. The number of oxazole rings is 1. The lowest BCUT2D eigenvalue weighted by molar-refractivity contribution is -0.116. The van der Waals surface area contributed by atoms with Crippen LogP contribution in [0.4, 0.5) is 11.4 Å². The summed E-state index contributed by atoms with van der Waals surface area (Å²) in [6.07, 6.45) is -0.0532. The minimum Gasteiger partial charge on any atom is -0.408 e. The van der Waals surface area contributed by atoms with Gasteiger partial charge >= 0.3 is 5.76 Å². The van der Waals surface area contributed by atoms with Gasteiger partial charge in [0.2, 0.25) is 15.9 Å². The van der Waals surface area contributed by atoms with Gasteiger partial charge in [0.15, 0.2) is 5.58 Å². The molecule has 0 bridgehead atoms. The number of H-pyrrole nitrogens is 1. The van der Waals surface area contributed by atoms with Crippen molar-refractivity contribution in [2.24, 2.45) is 0 Å². The molecule has 1 saturated heterocycles. The zero-order valence-corrected chi connectivity index (χ0v) is 14.6. The van der Waals surface area contributed by atoms with E-state index in [1.807, 2.05) is 0 Å². The van der Waals surface area contributed by atoms with Crippen molar-refractivity contribution in [1.29, 1.82) is 0 Å². The number of nitrogens with zero attached hydrogens (tertiary/aromatic N) is 1. The van der Waals surface area contributed by atoms with Gasteiger partial charge in [-0.2, -0.15) is 0 Å². The van der Waals surface area contributed by atoms with Crippen molar-refractivity contribution in [3.05, 3.63) is 58.6 Å². The van der Waals surface area contributed by atoms with Crippen LogP contribution in [-0.2, 0) is 14.8 Å². The number of fused-ring (bicyclic) bond motifs is 1. The SMILES string of the molecule is O=C(Nc1ccc2[nH]c(=O)oc2c1)c1ccc(N2C(=O)CCS2(=O)=O)cc1. The average Bonchev–Trinajstić information content (AvgIpc) is 3.12. The molecule has 9 nitrogen and oxygen atoms in total. The summed E-state index contributed by atoms with van der Waals surface area (Å²) in [5.41, 5.74) is 1.73. The third-order valence-corrected chi connectivity index (χ3v) is 5.81. The molecule has 0 unspecified atom stereocenters. The van der Waals surface area contributed by atoms with E-state index < -0.39 is 27.6 Å². The van der Waals surface area contributed by atoms with Crippen LogP contribution >= 0.6 is 0 Å². The molecule has 0 saturated carbocycles. The first-order valence-corrected chi connectivity index (χ1v) is 9.54. The Labute approximate surface area is 152 Å². The molecule has 0 radical (unpaired) electrons. The fourth-order valence-electron chi connectivity index (χ4n) is 2.84. The molecule has 1 fully saturated rings. The molecule has 3 aromatic rings. The lowest BCUT2D eigenvalue weighted by Crippen LogP contribution is -2.29. The highest BCUT2D eigenvalue weighted by Gasteiger charge is 2.36. The van der Waals surface area contributed by atoms with Gasteiger partial charge < -0.3 is 9.73 Å². The van der Waals surface area contributed by atoms with Crippen molar-refractivity contribution in [3.8, 4) is 0 Å². The van der Waals surface area contributed by atoms with Crippen molar-refractivity contribution in [2.45, 2.75) is 6.42 Å². The van der Waals surface area contributed by atoms with Crippen LogP contribution in [0.3, 0.4) is 0 Å². The van der Waals surface area contributed by atoms with Crippen LogP contribution in [0.2, 0.25) is 0 Å². The van der Waals surface area contributed by atoms with E-state index in [4.69, 9.17) is 4.42 Å². The molecule has 27 heavy (non-hydrogen) atoms. The number of aromatic amines is 1. The molecule has 138 valence electrons. The van der Waals surface area contributed by atoms with Crippen LogP contribution in [0.25, 0.3) is 11.1 Å². The lowest BCUT2D eigenvalue weighted by atomic mass is 10.2. The van der Waals surface area contributed by atoms with Gasteiger partial charge in [-0.05, 0) is 36.4 Å². The van der Waals surface area contributed by atoms with Crippen molar-refractivity contribution < 1.29 is 22.4 Å². The van der Waals surface area contributed by atoms with E-state index in [0.717, 1.165) is 4.31 Å². The van der Waals surface area contributed by atoms with E-state index in [0.29, 0.717) is 16.8 Å². The second kappa shape index (κ2) is 6.09. The number of hydrogen-bond donors (Lipinski definition) is 2. The first-order valence-electron chi connectivity index (χ1n) is 7.94. The first-order chi connectivity index (χ1) is 12.8. The Balaban J connectivity index is 1.55. The molecule has 0 aliphatic carbocycles. The predicted molar refractivity (Wildman–Crippen MR) is 97.1 cm³/mol. The molecular weight excluding hydrogens is 374 g/mol. The molecule has 2 heterocycles. The zero-order valence-electron chi connectivity index (χ0n) is 13.8. The largest absolute Gasteiger partial charge is 0.417 e. The van der Waals surface area contributed by atoms with Gasteiger partial charge in [0.1, 0.15) is 0 Å². The first kappa shape index (κ1) is 17.0. The van der Waals surface area contributed by atoms with Crippen LogP contribution in [-0.4, -0.2) is 31.0 Å². The molecule has 1 aliphatic heterocycles. The van der Waals surface area contributed by atoms with Gasteiger partial charge in [-0.15, -0.1) is 0 Å². The van der Waals surface area contributed by atoms with E-state index in [1.165, 1.54) is 30.3 Å². The maximum atomic E-state index is 12.4. The Kier molecular flexibility index (Phi) is 3.84. The summed E-state index contributed by atoms with van der Waals surface area (Å²) in [7, 11) is -3.65. The highest BCUT2D eigenvalue weighted by molar-refractivity contribution is 7.94. The summed E-state index contributed by atoms with van der Waals surface area (Å²) in [5, 5.41) is 2.66. The standard InChI is InChI=1S/C17H13N3O6S/c21-15-7-8-27(24,25)20(15)12-4-1-10(2-5-12)16(22)18-11-3-6-13-14(9-11)26-17(23)19-13/h1-6,9H,7-8H2,(H,18,22)(H,19,23). The molecule has 1 aromatic heterocycles. The maximum absolute atomic E-state index is 12.4. The number of aromatic nitrogens is 1. The van der Waals surface area contributed by atoms with Crippen LogP contribution in [0.15, 0.2) is 51.7 Å². The molecule has 2 amide bonds. The number of nitrogens with one attached hydrogen (secondary N) is 2. The number of carbonyl (C=O) groups is 2. The van der Waals surface area contributed by atoms with Gasteiger partial charge in [-0.3, -0.25) is 14.6 Å². The monoisotopic (exact) mass is 387 g/mol. The van der Waals surface area contributed by atoms with Crippen LogP contribution in [0.1, 0.15) is 16.8 Å². The van der Waals surface area contributed by atoms with Crippen molar-refractivity contribution >= 4 is 44.3 Å². The molecule has 1 aliphatic rings. The van der Waals surface area contributed by atoms with Gasteiger partial charge in [-0.25, -0.2) is 17.5 Å². The van der Waals surface area contributed by atoms with Crippen LogP contribution in [0.5, 0.6) is 0 Å². The number of amides is 2. The van der Waals surface area contributed by atoms with E-state index in [2.05, 4.69) is 10.3 Å². The lowest BCUT2D eigenvalue weighted by Gasteiger charge is -2.15. The summed E-state index contributed by atoms with van der Waals surface area (Å²) in [4.78, 5) is 37.8. The maximum Gasteiger partial charge on any atom is 0.417 e. The number of rotatable bonds is 3. The molecule has 0 spiro atoms. The summed E-state index contributed by atoms with van der Waals surface area (Å²) in [6, 6.07) is 10.4. The Hall–Kier alpha value is -3.40. The number of carbonyl (C=O) groups excluding carboxylic acids is 2. The second-order valence-corrected chi connectivity index (χ2v) is 7.89. The van der Waals surface area contributed by atoms with Gasteiger partial charge in [-0.1, -0.05) is 0 Å².